The summed E-state index contributed by atoms with van der Waals surface area (Å²) in [4.78, 5) is 13.2. The van der Waals surface area contributed by atoms with Gasteiger partial charge >= 0.3 is 5.97 Å². The average molecular weight is 245 g/mol. The van der Waals surface area contributed by atoms with Crippen LogP contribution in [0.5, 0.6) is 0 Å². The van der Waals surface area contributed by atoms with E-state index < -0.39 is 0 Å². The fourth-order valence-electron chi connectivity index (χ4n) is 1.43. The monoisotopic (exact) mass is 244 g/mol. The SMILES string of the molecule is COC(=O)[C@@H]1C[C@@H](N(C)C)CN1.Cl.Cl. The lowest BCUT2D eigenvalue weighted by Crippen LogP contribution is -2.31. The number of nitrogens with zero attached hydrogens (tertiary/aromatic N) is 1. The molecule has 1 aliphatic heterocycles. The Hall–Kier alpha value is -0.0300. The highest BCUT2D eigenvalue weighted by Gasteiger charge is 2.30. The van der Waals surface area contributed by atoms with Crippen molar-refractivity contribution < 1.29 is 9.53 Å². The van der Waals surface area contributed by atoms with E-state index in [0.29, 0.717) is 6.04 Å². The quantitative estimate of drug-likeness (QED) is 0.710. The molecule has 0 aliphatic carbocycles. The zero-order chi connectivity index (χ0) is 9.14. The molecule has 1 heterocycles. The van der Waals surface area contributed by atoms with Gasteiger partial charge in [-0.1, -0.05) is 0 Å². The summed E-state index contributed by atoms with van der Waals surface area (Å²) in [6.07, 6.45) is 0.847. The van der Waals surface area contributed by atoms with E-state index in [9.17, 15) is 4.79 Å². The minimum atomic E-state index is -0.153. The number of halogens is 2. The summed E-state index contributed by atoms with van der Waals surface area (Å²) in [5.74, 6) is -0.153. The van der Waals surface area contributed by atoms with Gasteiger partial charge in [0.05, 0.1) is 7.11 Å². The molecule has 0 aromatic rings. The smallest absolute Gasteiger partial charge is 0.322 e. The second-order valence-electron chi connectivity index (χ2n) is 3.34. The minimum absolute atomic E-state index is 0. The van der Waals surface area contributed by atoms with Crippen LogP contribution >= 0.6 is 24.8 Å². The van der Waals surface area contributed by atoms with E-state index in [2.05, 4.69) is 15.0 Å². The van der Waals surface area contributed by atoms with Crippen molar-refractivity contribution in [2.45, 2.75) is 18.5 Å². The van der Waals surface area contributed by atoms with Crippen LogP contribution in [0.25, 0.3) is 0 Å². The number of carbonyl (C=O) groups excluding carboxylic acids is 1. The first-order chi connectivity index (χ1) is 5.65. The number of ether oxygens (including phenoxy) is 1. The number of likely N-dealkylation sites (N-methyl/N-ethyl adjacent to an activating group) is 1. The summed E-state index contributed by atoms with van der Waals surface area (Å²) < 4.78 is 4.64. The first-order valence-corrected chi connectivity index (χ1v) is 4.12. The van der Waals surface area contributed by atoms with Crippen molar-refractivity contribution in [3.8, 4) is 0 Å². The van der Waals surface area contributed by atoms with E-state index in [1.54, 1.807) is 0 Å². The highest BCUT2D eigenvalue weighted by atomic mass is 35.5. The number of hydrogen-bond donors (Lipinski definition) is 1. The molecule has 2 atom stereocenters. The van der Waals surface area contributed by atoms with Gasteiger partial charge in [-0.2, -0.15) is 0 Å². The van der Waals surface area contributed by atoms with Crippen molar-refractivity contribution in [3.63, 3.8) is 0 Å². The number of esters is 1. The summed E-state index contributed by atoms with van der Waals surface area (Å²) in [7, 11) is 5.46. The molecule has 1 fully saturated rings. The second kappa shape index (κ2) is 7.29. The van der Waals surface area contributed by atoms with Gasteiger partial charge in [0.15, 0.2) is 0 Å². The van der Waals surface area contributed by atoms with Gasteiger partial charge < -0.3 is 15.0 Å². The fourth-order valence-corrected chi connectivity index (χ4v) is 1.43. The van der Waals surface area contributed by atoms with Crippen LogP contribution in [-0.2, 0) is 9.53 Å². The molecular formula is C8H18Cl2N2O2. The third-order valence-electron chi connectivity index (χ3n) is 2.32. The van der Waals surface area contributed by atoms with Crippen LogP contribution < -0.4 is 5.32 Å². The first-order valence-electron chi connectivity index (χ1n) is 4.12. The normalized spacial score (nSPS) is 25.1. The Morgan fingerprint density at radius 1 is 1.43 bits per heavy atom. The highest BCUT2D eigenvalue weighted by Crippen LogP contribution is 2.11. The van der Waals surface area contributed by atoms with Crippen LogP contribution in [0.2, 0.25) is 0 Å². The third-order valence-corrected chi connectivity index (χ3v) is 2.32. The zero-order valence-corrected chi connectivity index (χ0v) is 10.3. The van der Waals surface area contributed by atoms with Gasteiger partial charge in [0.2, 0.25) is 0 Å². The maximum atomic E-state index is 11.1. The third kappa shape index (κ3) is 4.00. The molecule has 0 spiro atoms. The van der Waals surface area contributed by atoms with Crippen molar-refractivity contribution in [1.82, 2.24) is 10.2 Å². The van der Waals surface area contributed by atoms with Gasteiger partial charge in [-0.15, -0.1) is 24.8 Å². The molecule has 86 valence electrons. The maximum Gasteiger partial charge on any atom is 0.322 e. The summed E-state index contributed by atoms with van der Waals surface area (Å²) in [5, 5.41) is 3.12. The van der Waals surface area contributed by atoms with Crippen LogP contribution in [0, 0.1) is 0 Å². The van der Waals surface area contributed by atoms with E-state index in [1.165, 1.54) is 7.11 Å². The van der Waals surface area contributed by atoms with E-state index in [1.807, 2.05) is 14.1 Å². The lowest BCUT2D eigenvalue weighted by atomic mass is 10.1. The zero-order valence-electron chi connectivity index (χ0n) is 8.65. The molecule has 6 heteroatoms. The summed E-state index contributed by atoms with van der Waals surface area (Å²) in [6.45, 7) is 0.868. The number of nitrogens with one attached hydrogen (secondary N) is 1. The molecular weight excluding hydrogens is 227 g/mol. The highest BCUT2D eigenvalue weighted by molar-refractivity contribution is 5.85. The van der Waals surface area contributed by atoms with E-state index in [0.717, 1.165) is 13.0 Å². The van der Waals surface area contributed by atoms with Crippen LogP contribution in [0.4, 0.5) is 0 Å². The van der Waals surface area contributed by atoms with Crippen LogP contribution in [-0.4, -0.2) is 50.7 Å². The molecule has 4 nitrogen and oxygen atoms in total. The van der Waals surface area contributed by atoms with Gasteiger partial charge in [-0.3, -0.25) is 4.79 Å². The van der Waals surface area contributed by atoms with Crippen molar-refractivity contribution in [3.05, 3.63) is 0 Å². The van der Waals surface area contributed by atoms with Gasteiger partial charge in [0, 0.05) is 12.6 Å². The van der Waals surface area contributed by atoms with Crippen molar-refractivity contribution in [1.29, 1.82) is 0 Å². The molecule has 1 rings (SSSR count). The van der Waals surface area contributed by atoms with E-state index >= 15 is 0 Å². The molecule has 0 aromatic heterocycles. The molecule has 0 unspecified atom stereocenters. The molecule has 1 aliphatic rings. The Kier molecular flexibility index (Phi) is 8.54. The van der Waals surface area contributed by atoms with Crippen LogP contribution in [0.1, 0.15) is 6.42 Å². The first kappa shape index (κ1) is 16.4. The minimum Gasteiger partial charge on any atom is -0.468 e. The van der Waals surface area contributed by atoms with Gasteiger partial charge in [0.1, 0.15) is 6.04 Å². The van der Waals surface area contributed by atoms with Crippen LogP contribution in [0.15, 0.2) is 0 Å². The van der Waals surface area contributed by atoms with E-state index in [4.69, 9.17) is 0 Å². The Morgan fingerprint density at radius 2 is 2.00 bits per heavy atom. The molecule has 14 heavy (non-hydrogen) atoms. The number of methoxy groups -OCH3 is 1. The number of hydrogen-bond acceptors (Lipinski definition) is 4. The molecule has 0 amide bonds. The van der Waals surface area contributed by atoms with Crippen LogP contribution in [0.3, 0.4) is 0 Å². The molecule has 1 N–H and O–H groups in total. The average Bonchev–Trinajstić information content (AvgIpc) is 2.51. The number of rotatable bonds is 2. The van der Waals surface area contributed by atoms with Gasteiger partial charge in [-0.05, 0) is 20.5 Å². The van der Waals surface area contributed by atoms with Gasteiger partial charge in [0.25, 0.3) is 0 Å². The predicted octanol–water partition coefficient (Wildman–Crippen LogP) is 0.295. The summed E-state index contributed by atoms with van der Waals surface area (Å²) in [6, 6.07) is 0.344. The summed E-state index contributed by atoms with van der Waals surface area (Å²) in [5.41, 5.74) is 0. The topological polar surface area (TPSA) is 41.6 Å². The Bertz CT molecular complexity index is 179. The maximum absolute atomic E-state index is 11.1. The Balaban J connectivity index is 0. The second-order valence-corrected chi connectivity index (χ2v) is 3.34. The molecule has 1 saturated heterocycles. The van der Waals surface area contributed by atoms with Crippen molar-refractivity contribution in [2.75, 3.05) is 27.7 Å². The predicted molar refractivity (Wildman–Crippen MR) is 60.4 cm³/mol. The number of carbonyl (C=O) groups is 1. The largest absolute Gasteiger partial charge is 0.468 e. The summed E-state index contributed by atoms with van der Waals surface area (Å²) >= 11 is 0. The van der Waals surface area contributed by atoms with Crippen molar-refractivity contribution in [2.24, 2.45) is 0 Å². The molecule has 0 bridgehead atoms. The lowest BCUT2D eigenvalue weighted by molar-refractivity contribution is -0.142. The molecule has 0 radical (unpaired) electrons. The van der Waals surface area contributed by atoms with Gasteiger partial charge in [-0.25, -0.2) is 0 Å². The fraction of sp³-hybridized carbons (Fsp3) is 0.875. The standard InChI is InChI=1S/C8H16N2O2.2ClH/c1-10(2)6-4-7(9-5-6)8(11)12-3;;/h6-7,9H,4-5H2,1-3H3;2*1H/t6-,7+;;/m1../s1. The lowest BCUT2D eigenvalue weighted by Gasteiger charge is -2.17. The van der Waals surface area contributed by atoms with Crippen molar-refractivity contribution >= 4 is 30.8 Å². The van der Waals surface area contributed by atoms with E-state index in [-0.39, 0.29) is 36.8 Å². The molecule has 0 saturated carbocycles. The Morgan fingerprint density at radius 3 is 2.36 bits per heavy atom. The molecule has 0 aromatic carbocycles. The Labute approximate surface area is 97.2 Å².